The van der Waals surface area contributed by atoms with Gasteiger partial charge in [0.25, 0.3) is 0 Å². The van der Waals surface area contributed by atoms with Crippen molar-refractivity contribution >= 4 is 17.2 Å². The van der Waals surface area contributed by atoms with E-state index >= 15 is 0 Å². The number of methoxy groups -OCH3 is 1. The van der Waals surface area contributed by atoms with Crippen LogP contribution < -0.4 is 24.8 Å². The van der Waals surface area contributed by atoms with Gasteiger partial charge < -0.3 is 24.8 Å². The molecule has 6 nitrogen and oxygen atoms in total. The summed E-state index contributed by atoms with van der Waals surface area (Å²) in [4.78, 5) is 14.0. The number of Topliss-reactive ketones (excluding diaryl/α,β-unsaturated/α-hetero) is 1. The maximum atomic E-state index is 14.0. The largest absolute Gasteiger partial charge is 0.493 e. The van der Waals surface area contributed by atoms with E-state index in [1.807, 2.05) is 105 Å². The molecule has 6 rings (SSSR count). The summed E-state index contributed by atoms with van der Waals surface area (Å²) in [5.74, 6) is 3.00. The van der Waals surface area contributed by atoms with Crippen molar-refractivity contribution in [3.63, 3.8) is 0 Å². The molecule has 4 aromatic rings. The highest BCUT2D eigenvalue weighted by Gasteiger charge is 2.36. The smallest absolute Gasteiger partial charge is 0.163 e. The first-order chi connectivity index (χ1) is 20.0. The van der Waals surface area contributed by atoms with Gasteiger partial charge in [-0.25, -0.2) is 0 Å². The Kier molecular flexibility index (Phi) is 7.38. The van der Waals surface area contributed by atoms with Crippen LogP contribution in [0.25, 0.3) is 0 Å². The van der Waals surface area contributed by atoms with Gasteiger partial charge in [0.2, 0.25) is 0 Å². The Labute approximate surface area is 241 Å². The molecule has 0 amide bonds. The lowest BCUT2D eigenvalue weighted by Gasteiger charge is -2.30. The number of benzene rings is 4. The molecule has 2 N–H and O–H groups in total. The van der Waals surface area contributed by atoms with Crippen molar-refractivity contribution in [1.29, 1.82) is 0 Å². The third kappa shape index (κ3) is 5.64. The minimum absolute atomic E-state index is 0.00871. The molecule has 0 bridgehead atoms. The molecule has 6 heteroatoms. The van der Waals surface area contributed by atoms with Gasteiger partial charge in [0.05, 0.1) is 30.6 Å². The maximum absolute atomic E-state index is 14.0. The van der Waals surface area contributed by atoms with Gasteiger partial charge in [-0.1, -0.05) is 48.5 Å². The Balaban J connectivity index is 1.37. The van der Waals surface area contributed by atoms with Crippen LogP contribution in [0.4, 0.5) is 11.4 Å². The SMILES string of the molecule is COc1cc(C2CC(=O)C3=C(C2)Nc2ccccc2NC3c2cccc(Oc3ccccc3)c2)ccc1OC(C)C. The average molecular weight is 547 g/mol. The Bertz CT molecular complexity index is 1600. The number of carbonyl (C=O) groups is 1. The highest BCUT2D eigenvalue weighted by molar-refractivity contribution is 6.01. The fourth-order valence-corrected chi connectivity index (χ4v) is 5.65. The number of rotatable bonds is 7. The van der Waals surface area contributed by atoms with Gasteiger partial charge >= 0.3 is 0 Å². The van der Waals surface area contributed by atoms with E-state index in [-0.39, 0.29) is 23.8 Å². The monoisotopic (exact) mass is 546 g/mol. The molecule has 0 fully saturated rings. The van der Waals surface area contributed by atoms with Gasteiger partial charge in [-0.05, 0) is 85.8 Å². The number of ether oxygens (including phenoxy) is 3. The summed E-state index contributed by atoms with van der Waals surface area (Å²) in [7, 11) is 1.65. The molecule has 1 aliphatic heterocycles. The molecule has 41 heavy (non-hydrogen) atoms. The summed E-state index contributed by atoms with van der Waals surface area (Å²) < 4.78 is 17.7. The van der Waals surface area contributed by atoms with E-state index in [0.717, 1.165) is 45.3 Å². The molecular formula is C35H34N2O4. The second kappa shape index (κ2) is 11.4. The van der Waals surface area contributed by atoms with Crippen LogP contribution >= 0.6 is 0 Å². The number of carbonyl (C=O) groups excluding carboxylic acids is 1. The zero-order valence-electron chi connectivity index (χ0n) is 23.5. The van der Waals surface area contributed by atoms with Crippen LogP contribution in [-0.4, -0.2) is 19.0 Å². The lowest BCUT2D eigenvalue weighted by Crippen LogP contribution is -2.27. The topological polar surface area (TPSA) is 68.8 Å². The number of para-hydroxylation sites is 3. The Morgan fingerprint density at radius 2 is 1.51 bits per heavy atom. The molecule has 0 saturated heterocycles. The molecule has 0 spiro atoms. The van der Waals surface area contributed by atoms with Crippen LogP contribution in [0.2, 0.25) is 0 Å². The van der Waals surface area contributed by atoms with Gasteiger partial charge in [-0.3, -0.25) is 4.79 Å². The van der Waals surface area contributed by atoms with E-state index in [1.165, 1.54) is 0 Å². The molecule has 2 aliphatic rings. The van der Waals surface area contributed by atoms with Gasteiger partial charge in [0, 0.05) is 17.7 Å². The maximum Gasteiger partial charge on any atom is 0.163 e. The van der Waals surface area contributed by atoms with Crippen LogP contribution in [0.15, 0.2) is 108 Å². The van der Waals surface area contributed by atoms with Crippen molar-refractivity contribution in [1.82, 2.24) is 0 Å². The van der Waals surface area contributed by atoms with Crippen LogP contribution in [0, 0.1) is 0 Å². The minimum Gasteiger partial charge on any atom is -0.493 e. The third-order valence-corrected chi connectivity index (χ3v) is 7.50. The van der Waals surface area contributed by atoms with Crippen molar-refractivity contribution < 1.29 is 19.0 Å². The predicted octanol–water partition coefficient (Wildman–Crippen LogP) is 8.25. The van der Waals surface area contributed by atoms with E-state index < -0.39 is 0 Å². The van der Waals surface area contributed by atoms with Gasteiger partial charge in [-0.15, -0.1) is 0 Å². The predicted molar refractivity (Wildman–Crippen MR) is 162 cm³/mol. The van der Waals surface area contributed by atoms with E-state index in [0.29, 0.717) is 24.3 Å². The van der Waals surface area contributed by atoms with Gasteiger partial charge in [0.15, 0.2) is 17.3 Å². The first-order valence-corrected chi connectivity index (χ1v) is 14.0. The van der Waals surface area contributed by atoms with Crippen molar-refractivity contribution in [2.75, 3.05) is 17.7 Å². The molecule has 2 atom stereocenters. The standard InChI is InChI=1S/C35H34N2O4/c1-22(2)40-32-17-16-23(21-33(32)39-3)25-19-30-34(31(38)20-25)35(37-29-15-8-7-14-28(29)36-30)24-10-9-13-27(18-24)41-26-11-5-4-6-12-26/h4-18,21-22,25,35-37H,19-20H2,1-3H3. The summed E-state index contributed by atoms with van der Waals surface area (Å²) in [6.45, 7) is 3.98. The fraction of sp³-hybridized carbons (Fsp3) is 0.229. The number of ketones is 1. The molecule has 208 valence electrons. The zero-order chi connectivity index (χ0) is 28.3. The van der Waals surface area contributed by atoms with Crippen molar-refractivity contribution in [3.8, 4) is 23.0 Å². The molecule has 0 radical (unpaired) electrons. The third-order valence-electron chi connectivity index (χ3n) is 7.50. The van der Waals surface area contributed by atoms with Crippen molar-refractivity contribution in [3.05, 3.63) is 119 Å². The van der Waals surface area contributed by atoms with Crippen molar-refractivity contribution in [2.24, 2.45) is 0 Å². The highest BCUT2D eigenvalue weighted by atomic mass is 16.5. The van der Waals surface area contributed by atoms with Crippen LogP contribution in [-0.2, 0) is 4.79 Å². The fourth-order valence-electron chi connectivity index (χ4n) is 5.65. The first kappa shape index (κ1) is 26.5. The average Bonchev–Trinajstić information content (AvgIpc) is 3.15. The van der Waals surface area contributed by atoms with E-state index in [2.05, 4.69) is 16.7 Å². The summed E-state index contributed by atoms with van der Waals surface area (Å²) in [5.41, 5.74) is 5.62. The van der Waals surface area contributed by atoms with Crippen LogP contribution in [0.5, 0.6) is 23.0 Å². The second-order valence-corrected chi connectivity index (χ2v) is 10.7. The van der Waals surface area contributed by atoms with Gasteiger partial charge in [-0.2, -0.15) is 0 Å². The van der Waals surface area contributed by atoms with Crippen LogP contribution in [0.3, 0.4) is 0 Å². The molecule has 1 heterocycles. The summed E-state index contributed by atoms with van der Waals surface area (Å²) in [6, 6.07) is 31.4. The summed E-state index contributed by atoms with van der Waals surface area (Å²) >= 11 is 0. The first-order valence-electron chi connectivity index (χ1n) is 14.0. The van der Waals surface area contributed by atoms with Gasteiger partial charge in [0.1, 0.15) is 11.5 Å². The number of fused-ring (bicyclic) bond motifs is 1. The van der Waals surface area contributed by atoms with E-state index in [1.54, 1.807) is 7.11 Å². The lowest BCUT2D eigenvalue weighted by atomic mass is 9.78. The molecule has 1 aliphatic carbocycles. The lowest BCUT2D eigenvalue weighted by molar-refractivity contribution is -0.116. The van der Waals surface area contributed by atoms with Crippen molar-refractivity contribution in [2.45, 2.75) is 44.8 Å². The van der Waals surface area contributed by atoms with E-state index in [9.17, 15) is 4.79 Å². The van der Waals surface area contributed by atoms with Crippen LogP contribution in [0.1, 0.15) is 49.8 Å². The minimum atomic E-state index is -0.328. The Morgan fingerprint density at radius 3 is 2.29 bits per heavy atom. The summed E-state index contributed by atoms with van der Waals surface area (Å²) in [6.07, 6.45) is 1.14. The molecule has 0 aromatic heterocycles. The molecule has 2 unspecified atom stereocenters. The second-order valence-electron chi connectivity index (χ2n) is 10.7. The molecule has 4 aromatic carbocycles. The molecule has 0 saturated carbocycles. The quantitative estimate of drug-likeness (QED) is 0.243. The molecular weight excluding hydrogens is 512 g/mol. The zero-order valence-corrected chi connectivity index (χ0v) is 23.5. The van der Waals surface area contributed by atoms with E-state index in [4.69, 9.17) is 14.2 Å². The normalized spacial score (nSPS) is 18.0. The number of hydrogen-bond acceptors (Lipinski definition) is 6. The Hall–Kier alpha value is -4.71. The Morgan fingerprint density at radius 1 is 0.756 bits per heavy atom. The highest BCUT2D eigenvalue weighted by Crippen LogP contribution is 2.45. The number of hydrogen-bond donors (Lipinski definition) is 2. The number of nitrogens with one attached hydrogen (secondary N) is 2. The number of allylic oxidation sites excluding steroid dienone is 1. The summed E-state index contributed by atoms with van der Waals surface area (Å²) in [5, 5.41) is 7.28. The number of anilines is 2.